The number of rotatable bonds is 6. The number of carbonyl (C=O) groups is 1. The number of thiophene rings is 1. The second-order valence-corrected chi connectivity index (χ2v) is 7.81. The lowest BCUT2D eigenvalue weighted by atomic mass is 10.3. The van der Waals surface area contributed by atoms with Crippen molar-refractivity contribution < 1.29 is 9.72 Å². The van der Waals surface area contributed by atoms with E-state index in [0.29, 0.717) is 4.88 Å². The summed E-state index contributed by atoms with van der Waals surface area (Å²) in [6.45, 7) is 0. The maximum atomic E-state index is 11.8. The molecule has 1 amide bonds. The molecule has 0 aliphatic carbocycles. The summed E-state index contributed by atoms with van der Waals surface area (Å²) in [6, 6.07) is 10.8. The zero-order valence-electron chi connectivity index (χ0n) is 12.0. The molecule has 0 radical (unpaired) electrons. The molecule has 24 heavy (non-hydrogen) atoms. The van der Waals surface area contributed by atoms with Gasteiger partial charge in [-0.25, -0.2) is 10.4 Å². The summed E-state index contributed by atoms with van der Waals surface area (Å²) in [5.74, 6) is -0.0663. The van der Waals surface area contributed by atoms with Crippen LogP contribution in [0.2, 0.25) is 0 Å². The van der Waals surface area contributed by atoms with E-state index in [0.717, 1.165) is 25.9 Å². The number of thiazole rings is 1. The van der Waals surface area contributed by atoms with E-state index in [1.54, 1.807) is 6.07 Å². The van der Waals surface area contributed by atoms with Gasteiger partial charge in [-0.3, -0.25) is 14.9 Å². The molecule has 0 aliphatic heterocycles. The Labute approximate surface area is 148 Å². The molecule has 122 valence electrons. The summed E-state index contributed by atoms with van der Waals surface area (Å²) in [4.78, 5) is 26.9. The van der Waals surface area contributed by atoms with Gasteiger partial charge in [0.1, 0.15) is 0 Å². The summed E-state index contributed by atoms with van der Waals surface area (Å²) < 4.78 is 1.90. The van der Waals surface area contributed by atoms with E-state index in [9.17, 15) is 14.9 Å². The Morgan fingerprint density at radius 3 is 2.92 bits per heavy atom. The summed E-state index contributed by atoms with van der Waals surface area (Å²) in [6.07, 6.45) is 1.39. The van der Waals surface area contributed by atoms with Crippen molar-refractivity contribution in [1.82, 2.24) is 10.4 Å². The smallest absolute Gasteiger partial charge is 0.272 e. The minimum Gasteiger partial charge on any atom is -0.272 e. The molecular weight excluding hydrogens is 368 g/mol. The highest BCUT2D eigenvalue weighted by molar-refractivity contribution is 8.01. The van der Waals surface area contributed by atoms with Gasteiger partial charge in [0.2, 0.25) is 0 Å². The van der Waals surface area contributed by atoms with Gasteiger partial charge in [0, 0.05) is 6.07 Å². The van der Waals surface area contributed by atoms with E-state index in [2.05, 4.69) is 15.5 Å². The van der Waals surface area contributed by atoms with E-state index in [1.165, 1.54) is 35.4 Å². The van der Waals surface area contributed by atoms with Crippen LogP contribution < -0.4 is 5.43 Å². The molecule has 2 aromatic heterocycles. The second kappa shape index (κ2) is 7.51. The normalized spacial score (nSPS) is 11.2. The molecule has 3 rings (SSSR count). The molecule has 3 aromatic rings. The van der Waals surface area contributed by atoms with Crippen LogP contribution in [0.25, 0.3) is 10.2 Å². The number of thioether (sulfide) groups is 1. The molecule has 10 heteroatoms. The number of hydrazone groups is 1. The Morgan fingerprint density at radius 2 is 2.17 bits per heavy atom. The highest BCUT2D eigenvalue weighted by Gasteiger charge is 2.09. The molecule has 0 atom stereocenters. The maximum absolute atomic E-state index is 11.8. The minimum atomic E-state index is -0.463. The quantitative estimate of drug-likeness (QED) is 0.306. The van der Waals surface area contributed by atoms with Gasteiger partial charge in [0.25, 0.3) is 5.91 Å². The predicted octanol–water partition coefficient (Wildman–Crippen LogP) is 3.51. The van der Waals surface area contributed by atoms with Crippen molar-refractivity contribution in [1.29, 1.82) is 0 Å². The summed E-state index contributed by atoms with van der Waals surface area (Å²) in [5, 5.41) is 14.4. The van der Waals surface area contributed by atoms with Crippen molar-refractivity contribution in [3.05, 3.63) is 51.4 Å². The third-order valence-electron chi connectivity index (χ3n) is 2.77. The first-order valence-electron chi connectivity index (χ1n) is 6.66. The largest absolute Gasteiger partial charge is 0.324 e. The number of fused-ring (bicyclic) bond motifs is 1. The van der Waals surface area contributed by atoms with E-state index >= 15 is 0 Å². The summed E-state index contributed by atoms with van der Waals surface area (Å²) in [7, 11) is 0. The van der Waals surface area contributed by atoms with Crippen LogP contribution in [-0.2, 0) is 4.79 Å². The number of nitro groups is 1. The molecule has 2 heterocycles. The number of nitrogens with one attached hydrogen (secondary N) is 1. The predicted molar refractivity (Wildman–Crippen MR) is 97.1 cm³/mol. The van der Waals surface area contributed by atoms with Crippen molar-refractivity contribution in [2.45, 2.75) is 4.34 Å². The molecule has 1 aromatic carbocycles. The van der Waals surface area contributed by atoms with E-state index in [1.807, 2.05) is 24.3 Å². The monoisotopic (exact) mass is 378 g/mol. The number of hydrogen-bond acceptors (Lipinski definition) is 8. The van der Waals surface area contributed by atoms with E-state index in [4.69, 9.17) is 0 Å². The number of benzene rings is 1. The fourth-order valence-electron chi connectivity index (χ4n) is 1.75. The Kier molecular flexibility index (Phi) is 5.18. The molecule has 0 saturated heterocycles. The number of hydrogen-bond donors (Lipinski definition) is 1. The number of nitrogens with zero attached hydrogens (tertiary/aromatic N) is 3. The first kappa shape index (κ1) is 16.6. The zero-order valence-corrected chi connectivity index (χ0v) is 14.5. The fraction of sp³-hybridized carbons (Fsp3) is 0.0714. The molecule has 0 unspecified atom stereocenters. The van der Waals surface area contributed by atoms with Crippen LogP contribution in [-0.4, -0.2) is 27.8 Å². The van der Waals surface area contributed by atoms with Gasteiger partial charge in [-0.05, 0) is 18.2 Å². The van der Waals surface area contributed by atoms with Crippen molar-refractivity contribution >= 4 is 61.8 Å². The highest BCUT2D eigenvalue weighted by Crippen LogP contribution is 2.29. The molecular formula is C14H10N4O3S3. The zero-order chi connectivity index (χ0) is 16.9. The van der Waals surface area contributed by atoms with Gasteiger partial charge in [-0.15, -0.1) is 11.3 Å². The number of aromatic nitrogens is 1. The van der Waals surface area contributed by atoms with Gasteiger partial charge in [0.05, 0.1) is 32.0 Å². The van der Waals surface area contributed by atoms with Crippen LogP contribution in [0.5, 0.6) is 0 Å². The van der Waals surface area contributed by atoms with Crippen LogP contribution in [0, 0.1) is 10.1 Å². The van der Waals surface area contributed by atoms with Crippen LogP contribution in [0.3, 0.4) is 0 Å². The molecule has 0 bridgehead atoms. The molecule has 7 nitrogen and oxygen atoms in total. The Morgan fingerprint density at radius 1 is 1.33 bits per heavy atom. The Balaban J connectivity index is 1.50. The SMILES string of the molecule is O=C(CSc1nc2ccccc2s1)N/N=C/c1ccc([N+](=O)[O-])s1. The van der Waals surface area contributed by atoms with Crippen molar-refractivity contribution in [3.8, 4) is 0 Å². The molecule has 1 N–H and O–H groups in total. The minimum absolute atomic E-state index is 0.0363. The van der Waals surface area contributed by atoms with Gasteiger partial charge in [-0.1, -0.05) is 35.2 Å². The lowest BCUT2D eigenvalue weighted by Crippen LogP contribution is -2.19. The first-order chi connectivity index (χ1) is 11.6. The topological polar surface area (TPSA) is 97.5 Å². The Bertz CT molecular complexity index is 886. The molecule has 0 aliphatic rings. The van der Waals surface area contributed by atoms with Gasteiger partial charge in [-0.2, -0.15) is 5.10 Å². The van der Waals surface area contributed by atoms with Crippen molar-refractivity contribution in [2.24, 2.45) is 5.10 Å². The highest BCUT2D eigenvalue weighted by atomic mass is 32.2. The maximum Gasteiger partial charge on any atom is 0.324 e. The average molecular weight is 378 g/mol. The fourth-order valence-corrected chi connectivity index (χ4v) is 4.30. The summed E-state index contributed by atoms with van der Waals surface area (Å²) >= 11 is 3.87. The molecule has 0 spiro atoms. The molecule has 0 saturated carbocycles. The van der Waals surface area contributed by atoms with Gasteiger partial charge in [0.15, 0.2) is 4.34 Å². The van der Waals surface area contributed by atoms with Crippen LogP contribution in [0.15, 0.2) is 45.8 Å². The van der Waals surface area contributed by atoms with E-state index < -0.39 is 4.92 Å². The summed E-state index contributed by atoms with van der Waals surface area (Å²) in [5.41, 5.74) is 3.32. The van der Waals surface area contributed by atoms with E-state index in [-0.39, 0.29) is 16.7 Å². The number of amides is 1. The van der Waals surface area contributed by atoms with Crippen LogP contribution >= 0.6 is 34.4 Å². The van der Waals surface area contributed by atoms with Crippen molar-refractivity contribution in [2.75, 3.05) is 5.75 Å². The third kappa shape index (κ3) is 4.16. The lowest BCUT2D eigenvalue weighted by molar-refractivity contribution is -0.380. The van der Waals surface area contributed by atoms with Gasteiger partial charge < -0.3 is 0 Å². The number of carbonyl (C=O) groups excluding carboxylic acids is 1. The average Bonchev–Trinajstić information content (AvgIpc) is 3.19. The second-order valence-electron chi connectivity index (χ2n) is 4.46. The van der Waals surface area contributed by atoms with Gasteiger partial charge >= 0.3 is 5.00 Å². The van der Waals surface area contributed by atoms with Crippen molar-refractivity contribution in [3.63, 3.8) is 0 Å². The number of para-hydroxylation sites is 1. The third-order valence-corrected chi connectivity index (χ3v) is 5.93. The van der Waals surface area contributed by atoms with Crippen LogP contribution in [0.1, 0.15) is 4.88 Å². The molecule has 0 fully saturated rings. The lowest BCUT2D eigenvalue weighted by Gasteiger charge is -1.96. The first-order valence-corrected chi connectivity index (χ1v) is 9.28. The van der Waals surface area contributed by atoms with Crippen LogP contribution in [0.4, 0.5) is 5.00 Å². The standard InChI is InChI=1S/C14H10N4O3S3/c19-12(17-15-7-9-5-6-13(23-9)18(20)21)8-22-14-16-10-3-1-2-4-11(10)24-14/h1-7H,8H2,(H,17,19)/b15-7+. The Hall–Kier alpha value is -2.30.